The van der Waals surface area contributed by atoms with Crippen molar-refractivity contribution in [1.82, 2.24) is 15.3 Å². The molecule has 0 saturated carbocycles. The molecule has 0 unspecified atom stereocenters. The van der Waals surface area contributed by atoms with Gasteiger partial charge in [-0.1, -0.05) is 11.6 Å². The van der Waals surface area contributed by atoms with Crippen molar-refractivity contribution in [3.05, 3.63) is 105 Å². The summed E-state index contributed by atoms with van der Waals surface area (Å²) in [5, 5.41) is 5.27. The number of hydrogen-bond acceptors (Lipinski definition) is 5. The van der Waals surface area contributed by atoms with Gasteiger partial charge >= 0.3 is 6.18 Å². The Hall–Kier alpha value is -4.58. The molecular weight excluding hydrogens is 545 g/mol. The summed E-state index contributed by atoms with van der Waals surface area (Å²) in [5.74, 6) is -3.60. The van der Waals surface area contributed by atoms with Crippen LogP contribution in [-0.4, -0.2) is 21.8 Å². The van der Waals surface area contributed by atoms with Crippen LogP contribution in [0.5, 0.6) is 0 Å². The number of amides is 2. The Bertz CT molecular complexity index is 1640. The van der Waals surface area contributed by atoms with Gasteiger partial charge < -0.3 is 16.4 Å². The third kappa shape index (κ3) is 5.10. The van der Waals surface area contributed by atoms with E-state index in [0.29, 0.717) is 23.3 Å². The molecule has 0 fully saturated rings. The fourth-order valence-electron chi connectivity index (χ4n) is 4.24. The van der Waals surface area contributed by atoms with E-state index >= 15 is 0 Å². The van der Waals surface area contributed by atoms with Gasteiger partial charge in [-0.05, 0) is 54.1 Å². The van der Waals surface area contributed by atoms with E-state index in [4.69, 9.17) is 17.3 Å². The van der Waals surface area contributed by atoms with Crippen LogP contribution in [0.2, 0.25) is 5.02 Å². The first-order chi connectivity index (χ1) is 18.4. The van der Waals surface area contributed by atoms with Gasteiger partial charge in [0.1, 0.15) is 11.6 Å². The van der Waals surface area contributed by atoms with E-state index in [1.54, 1.807) is 0 Å². The monoisotopic (exact) mass is 559 g/mol. The van der Waals surface area contributed by atoms with Crippen molar-refractivity contribution in [2.24, 2.45) is 0 Å². The quantitative estimate of drug-likeness (QED) is 0.275. The van der Waals surface area contributed by atoms with Gasteiger partial charge in [0.2, 0.25) is 5.95 Å². The van der Waals surface area contributed by atoms with Gasteiger partial charge in [-0.2, -0.15) is 13.2 Å². The number of rotatable bonds is 4. The van der Waals surface area contributed by atoms with Gasteiger partial charge in [-0.25, -0.2) is 18.7 Å². The van der Waals surface area contributed by atoms with Crippen molar-refractivity contribution in [3.63, 3.8) is 0 Å². The Morgan fingerprint density at radius 3 is 2.38 bits per heavy atom. The lowest BCUT2D eigenvalue weighted by atomic mass is 9.93. The normalized spacial score (nSPS) is 14.6. The smallest absolute Gasteiger partial charge is 0.368 e. The van der Waals surface area contributed by atoms with E-state index in [0.717, 1.165) is 12.1 Å². The first kappa shape index (κ1) is 26.0. The molecular formula is C26H15ClF5N5O2. The number of alkyl halides is 3. The summed E-state index contributed by atoms with van der Waals surface area (Å²) in [5.41, 5.74) is 4.71. The fraction of sp³-hybridized carbons (Fsp3) is 0.0769. The lowest BCUT2D eigenvalue weighted by Crippen LogP contribution is -2.21. The number of fused-ring (bicyclic) bond motifs is 1. The van der Waals surface area contributed by atoms with Crippen LogP contribution in [0, 0.1) is 11.6 Å². The molecule has 2 amide bonds. The Kier molecular flexibility index (Phi) is 6.43. The second-order valence-corrected chi connectivity index (χ2v) is 8.97. The zero-order valence-corrected chi connectivity index (χ0v) is 20.2. The van der Waals surface area contributed by atoms with Gasteiger partial charge in [0.15, 0.2) is 0 Å². The molecule has 4 N–H and O–H groups in total. The lowest BCUT2D eigenvalue weighted by Gasteiger charge is -2.19. The molecule has 5 rings (SSSR count). The number of aromatic nitrogens is 2. The van der Waals surface area contributed by atoms with Crippen molar-refractivity contribution in [2.45, 2.75) is 12.2 Å². The zero-order valence-electron chi connectivity index (χ0n) is 19.4. The minimum atomic E-state index is -4.90. The van der Waals surface area contributed by atoms with Gasteiger partial charge in [0.05, 0.1) is 11.6 Å². The molecule has 1 aromatic heterocycles. The highest BCUT2D eigenvalue weighted by atomic mass is 35.5. The highest BCUT2D eigenvalue weighted by Crippen LogP contribution is 2.42. The van der Waals surface area contributed by atoms with Crippen LogP contribution >= 0.6 is 11.6 Å². The average molecular weight is 560 g/mol. The molecule has 0 saturated heterocycles. The summed E-state index contributed by atoms with van der Waals surface area (Å²) in [7, 11) is 0. The lowest BCUT2D eigenvalue weighted by molar-refractivity contribution is -0.137. The summed E-state index contributed by atoms with van der Waals surface area (Å²) >= 11 is 6.28. The van der Waals surface area contributed by atoms with Gasteiger partial charge in [-0.15, -0.1) is 0 Å². The maximum absolute atomic E-state index is 14.1. The SMILES string of the molecule is Nc1ncc(-c2cc(NC(=O)c3cc(F)cc(C(F)(F)F)c3)c3c(c2)C(=O)N[C@H]3c2cc(F)ccc2Cl)cn1. The Balaban J connectivity index is 1.66. The minimum Gasteiger partial charge on any atom is -0.368 e. The Labute approximate surface area is 221 Å². The van der Waals surface area contributed by atoms with Crippen molar-refractivity contribution < 1.29 is 31.5 Å². The molecule has 198 valence electrons. The van der Waals surface area contributed by atoms with E-state index in [2.05, 4.69) is 20.6 Å². The summed E-state index contributed by atoms with van der Waals surface area (Å²) in [6.07, 6.45) is -2.17. The first-order valence-electron chi connectivity index (χ1n) is 11.1. The molecule has 0 radical (unpaired) electrons. The van der Waals surface area contributed by atoms with E-state index in [1.165, 1.54) is 30.6 Å². The molecule has 7 nitrogen and oxygen atoms in total. The van der Waals surface area contributed by atoms with Crippen LogP contribution in [0.1, 0.15) is 43.4 Å². The highest BCUT2D eigenvalue weighted by molar-refractivity contribution is 6.31. The van der Waals surface area contributed by atoms with Crippen molar-refractivity contribution in [3.8, 4) is 11.1 Å². The molecule has 0 bridgehead atoms. The molecule has 4 aromatic rings. The van der Waals surface area contributed by atoms with Crippen LogP contribution in [0.15, 0.2) is 60.9 Å². The van der Waals surface area contributed by atoms with E-state index in [-0.39, 0.29) is 39.4 Å². The van der Waals surface area contributed by atoms with Crippen molar-refractivity contribution in [1.29, 1.82) is 0 Å². The molecule has 2 heterocycles. The predicted molar refractivity (Wildman–Crippen MR) is 132 cm³/mol. The van der Waals surface area contributed by atoms with Crippen LogP contribution < -0.4 is 16.4 Å². The standard InChI is InChI=1S/C26H15ClF5N5O2/c27-19-2-1-15(28)8-17(19)22-21-18(24(39)37-22)5-11(13-9-34-25(33)35-10-13)6-20(21)36-23(38)12-3-14(26(30,31)32)7-16(29)4-12/h1-10,22H,(H,36,38)(H,37,39)(H2,33,34,35)/t22-/m0/s1. The van der Waals surface area contributed by atoms with E-state index in [1.807, 2.05) is 0 Å². The number of hydrogen-bond donors (Lipinski definition) is 3. The topological polar surface area (TPSA) is 110 Å². The third-order valence-electron chi connectivity index (χ3n) is 6.00. The van der Waals surface area contributed by atoms with Crippen LogP contribution in [0.3, 0.4) is 0 Å². The summed E-state index contributed by atoms with van der Waals surface area (Å²) in [4.78, 5) is 33.9. The minimum absolute atomic E-state index is 0.0152. The molecule has 1 aliphatic heterocycles. The molecule has 39 heavy (non-hydrogen) atoms. The van der Waals surface area contributed by atoms with Crippen LogP contribution in [0.4, 0.5) is 33.6 Å². The number of carbonyl (C=O) groups excluding carboxylic acids is 2. The number of nitrogen functional groups attached to an aromatic ring is 1. The summed E-state index contributed by atoms with van der Waals surface area (Å²) in [6, 6.07) is 6.81. The molecule has 1 aliphatic rings. The zero-order chi connectivity index (χ0) is 28.1. The second-order valence-electron chi connectivity index (χ2n) is 8.57. The van der Waals surface area contributed by atoms with Crippen LogP contribution in [-0.2, 0) is 6.18 Å². The maximum Gasteiger partial charge on any atom is 0.416 e. The van der Waals surface area contributed by atoms with Crippen molar-refractivity contribution in [2.75, 3.05) is 11.1 Å². The summed E-state index contributed by atoms with van der Waals surface area (Å²) in [6.45, 7) is 0. The molecule has 0 spiro atoms. The van der Waals surface area contributed by atoms with Gasteiger partial charge in [0.25, 0.3) is 11.8 Å². The molecule has 3 aromatic carbocycles. The Morgan fingerprint density at radius 1 is 0.974 bits per heavy atom. The second kappa shape index (κ2) is 9.62. The summed E-state index contributed by atoms with van der Waals surface area (Å²) < 4.78 is 67.8. The first-order valence-corrected chi connectivity index (χ1v) is 11.5. The number of carbonyl (C=O) groups is 2. The van der Waals surface area contributed by atoms with Gasteiger partial charge in [0, 0.05) is 50.9 Å². The molecule has 13 heteroatoms. The van der Waals surface area contributed by atoms with Crippen molar-refractivity contribution >= 4 is 35.1 Å². The number of nitrogens with zero attached hydrogens (tertiary/aromatic N) is 2. The molecule has 1 atom stereocenters. The van der Waals surface area contributed by atoms with E-state index in [9.17, 15) is 31.5 Å². The highest BCUT2D eigenvalue weighted by Gasteiger charge is 2.36. The largest absolute Gasteiger partial charge is 0.416 e. The predicted octanol–water partition coefficient (Wildman–Crippen LogP) is 5.76. The fourth-order valence-corrected chi connectivity index (χ4v) is 4.46. The number of nitrogens with one attached hydrogen (secondary N) is 2. The maximum atomic E-state index is 14.1. The molecule has 0 aliphatic carbocycles. The van der Waals surface area contributed by atoms with Crippen LogP contribution in [0.25, 0.3) is 11.1 Å². The number of anilines is 2. The Morgan fingerprint density at radius 2 is 1.69 bits per heavy atom. The number of halogens is 6. The van der Waals surface area contributed by atoms with Gasteiger partial charge in [-0.3, -0.25) is 9.59 Å². The number of nitrogens with two attached hydrogens (primary N) is 1. The average Bonchev–Trinajstić information content (AvgIpc) is 3.21. The third-order valence-corrected chi connectivity index (χ3v) is 6.34. The number of benzene rings is 3. The van der Waals surface area contributed by atoms with E-state index < -0.39 is 46.8 Å².